The van der Waals surface area contributed by atoms with Gasteiger partial charge < -0.3 is 31.4 Å². The van der Waals surface area contributed by atoms with Crippen LogP contribution in [0.1, 0.15) is 52.6 Å². The molecule has 53 heavy (non-hydrogen) atoms. The number of benzene rings is 2. The molecule has 0 spiro atoms. The summed E-state index contributed by atoms with van der Waals surface area (Å²) in [5.41, 5.74) is 13.1. The molecule has 2 amide bonds. The molecule has 0 saturated carbocycles. The summed E-state index contributed by atoms with van der Waals surface area (Å²) in [6.45, 7) is 2.99. The lowest BCUT2D eigenvalue weighted by atomic mass is 9.92. The van der Waals surface area contributed by atoms with Crippen LogP contribution in [0.3, 0.4) is 0 Å². The van der Waals surface area contributed by atoms with Crippen LogP contribution in [0.15, 0.2) is 71.9 Å². The fraction of sp³-hybridized carbons (Fsp3) is 0.308. The van der Waals surface area contributed by atoms with Crippen LogP contribution in [0, 0.1) is 17.6 Å². The Bertz CT molecular complexity index is 2240. The van der Waals surface area contributed by atoms with E-state index in [0.29, 0.717) is 37.2 Å². The number of nitrogen functional groups attached to an aromatic ring is 1. The first kappa shape index (κ1) is 35.7. The van der Waals surface area contributed by atoms with E-state index in [1.807, 2.05) is 10.9 Å². The van der Waals surface area contributed by atoms with Crippen molar-refractivity contribution in [3.8, 4) is 44.6 Å². The molecule has 0 bridgehead atoms. The second kappa shape index (κ2) is 15.1. The number of rotatable bonds is 9. The Hall–Kier alpha value is -5.73. The van der Waals surface area contributed by atoms with E-state index < -0.39 is 34.4 Å². The van der Waals surface area contributed by atoms with Crippen molar-refractivity contribution in [2.45, 2.75) is 38.3 Å². The quantitative estimate of drug-likeness (QED) is 0.168. The summed E-state index contributed by atoms with van der Waals surface area (Å²) < 4.78 is 39.6. The highest BCUT2D eigenvalue weighted by Gasteiger charge is 2.31. The maximum atomic E-state index is 16.5. The SMILES string of the molecule is CNC(=O)c1c(-c2ccc(F)cc2)c(=O)c(C(N)=O)c(-c2ccc(-c3cc(-c4cnn(C5CCNCC5)c4)cnc3N)c(F)c2)n1CC1CCOCC1. The number of piperidine rings is 1. The Morgan fingerprint density at radius 1 is 0.943 bits per heavy atom. The average Bonchev–Trinajstić information content (AvgIpc) is 3.67. The van der Waals surface area contributed by atoms with E-state index in [2.05, 4.69) is 20.7 Å². The molecule has 0 atom stereocenters. The summed E-state index contributed by atoms with van der Waals surface area (Å²) in [7, 11) is 1.42. The molecular formula is C39H40F2N8O4. The van der Waals surface area contributed by atoms with Gasteiger partial charge in [-0.05, 0) is 74.5 Å². The number of primary amides is 1. The first-order chi connectivity index (χ1) is 25.6. The van der Waals surface area contributed by atoms with Gasteiger partial charge in [-0.3, -0.25) is 19.1 Å². The molecule has 2 aliphatic rings. The number of nitrogens with one attached hydrogen (secondary N) is 2. The zero-order valence-corrected chi connectivity index (χ0v) is 29.2. The molecule has 6 N–H and O–H groups in total. The van der Waals surface area contributed by atoms with Crippen molar-refractivity contribution in [3.05, 3.63) is 100 Å². The fourth-order valence-electron chi connectivity index (χ4n) is 7.35. The van der Waals surface area contributed by atoms with E-state index >= 15 is 4.39 Å². The number of hydrogen-bond acceptors (Lipinski definition) is 8. The third-order valence-corrected chi connectivity index (χ3v) is 10.1. The van der Waals surface area contributed by atoms with Gasteiger partial charge in [0.2, 0.25) is 5.43 Å². The molecule has 5 heterocycles. The molecule has 2 fully saturated rings. The van der Waals surface area contributed by atoms with Crippen LogP contribution in [-0.2, 0) is 11.3 Å². The summed E-state index contributed by atoms with van der Waals surface area (Å²) in [4.78, 5) is 45.7. The Kier molecular flexibility index (Phi) is 10.2. The van der Waals surface area contributed by atoms with E-state index in [-0.39, 0.29) is 58.0 Å². The molecule has 0 unspecified atom stereocenters. The largest absolute Gasteiger partial charge is 0.383 e. The molecule has 3 aromatic heterocycles. The predicted molar refractivity (Wildman–Crippen MR) is 197 cm³/mol. The van der Waals surface area contributed by atoms with Gasteiger partial charge in [0, 0.05) is 67.0 Å². The van der Waals surface area contributed by atoms with Gasteiger partial charge in [-0.25, -0.2) is 13.8 Å². The molecule has 2 aliphatic heterocycles. The highest BCUT2D eigenvalue weighted by molar-refractivity contribution is 6.05. The lowest BCUT2D eigenvalue weighted by Crippen LogP contribution is -2.35. The lowest BCUT2D eigenvalue weighted by Gasteiger charge is -2.29. The topological polar surface area (TPSA) is 172 Å². The number of aromatic nitrogens is 4. The Morgan fingerprint density at radius 3 is 2.34 bits per heavy atom. The third-order valence-electron chi connectivity index (χ3n) is 10.1. The highest BCUT2D eigenvalue weighted by atomic mass is 19.1. The van der Waals surface area contributed by atoms with Crippen molar-refractivity contribution in [2.75, 3.05) is 39.1 Å². The normalized spacial score (nSPS) is 15.4. The van der Waals surface area contributed by atoms with Crippen molar-refractivity contribution in [1.29, 1.82) is 0 Å². The fourth-order valence-corrected chi connectivity index (χ4v) is 7.35. The van der Waals surface area contributed by atoms with Gasteiger partial charge in [-0.1, -0.05) is 24.3 Å². The predicted octanol–water partition coefficient (Wildman–Crippen LogP) is 4.78. The van der Waals surface area contributed by atoms with Crippen LogP contribution in [0.4, 0.5) is 14.6 Å². The smallest absolute Gasteiger partial charge is 0.268 e. The van der Waals surface area contributed by atoms with E-state index in [0.717, 1.165) is 43.6 Å². The number of anilines is 1. The standard InChI is InChI=1S/C39H40F2N8O4/c1-44-39(52)35-32(23-2-5-27(40)6-3-23)36(50)33(38(43)51)34(48(35)20-22-10-14-53-15-11-22)24-4-7-29(31(41)17-24)30-16-25(18-46-37(30)42)26-19-47-49(21-26)28-8-12-45-13-9-28/h2-7,16-19,21-22,28,45H,8-15,20H2,1H3,(H2,42,46)(H2,43,51)(H,44,52). The minimum atomic E-state index is -1.06. The number of halogens is 2. The molecule has 274 valence electrons. The van der Waals surface area contributed by atoms with Gasteiger partial charge in [0.25, 0.3) is 11.8 Å². The molecular weight excluding hydrogens is 682 g/mol. The molecule has 0 aliphatic carbocycles. The maximum absolute atomic E-state index is 16.5. The van der Waals surface area contributed by atoms with Crippen LogP contribution < -0.4 is 27.5 Å². The van der Waals surface area contributed by atoms with Crippen LogP contribution in [0.2, 0.25) is 0 Å². The Labute approximate surface area is 304 Å². The van der Waals surface area contributed by atoms with Crippen molar-refractivity contribution in [2.24, 2.45) is 11.7 Å². The van der Waals surface area contributed by atoms with Gasteiger partial charge in [0.05, 0.1) is 23.5 Å². The number of nitrogens with two attached hydrogens (primary N) is 2. The highest BCUT2D eigenvalue weighted by Crippen LogP contribution is 2.37. The molecule has 12 nitrogen and oxygen atoms in total. The molecule has 14 heteroatoms. The number of carbonyl (C=O) groups excluding carboxylic acids is 2. The van der Waals surface area contributed by atoms with Crippen LogP contribution in [-0.4, -0.2) is 64.5 Å². The van der Waals surface area contributed by atoms with Gasteiger partial charge in [0.1, 0.15) is 28.7 Å². The second-order valence-corrected chi connectivity index (χ2v) is 13.4. The van der Waals surface area contributed by atoms with Crippen molar-refractivity contribution >= 4 is 17.6 Å². The molecule has 7 rings (SSSR count). The van der Waals surface area contributed by atoms with E-state index in [4.69, 9.17) is 16.2 Å². The van der Waals surface area contributed by atoms with Gasteiger partial charge in [-0.15, -0.1) is 0 Å². The molecule has 2 saturated heterocycles. The van der Waals surface area contributed by atoms with Crippen LogP contribution in [0.25, 0.3) is 44.6 Å². The van der Waals surface area contributed by atoms with Crippen LogP contribution in [0.5, 0.6) is 0 Å². The molecule has 0 radical (unpaired) electrons. The summed E-state index contributed by atoms with van der Waals surface area (Å²) in [5.74, 6) is -2.86. The number of amides is 2. The number of pyridine rings is 2. The Balaban J connectivity index is 1.38. The van der Waals surface area contributed by atoms with Gasteiger partial charge in [0.15, 0.2) is 0 Å². The summed E-state index contributed by atoms with van der Waals surface area (Å²) >= 11 is 0. The number of carbonyl (C=O) groups is 2. The summed E-state index contributed by atoms with van der Waals surface area (Å²) in [5, 5.41) is 10.5. The van der Waals surface area contributed by atoms with Gasteiger partial charge >= 0.3 is 0 Å². The zero-order chi connectivity index (χ0) is 37.2. The third kappa shape index (κ3) is 7.07. The number of hydrogen-bond donors (Lipinski definition) is 4. The van der Waals surface area contributed by atoms with Crippen LogP contribution >= 0.6 is 0 Å². The lowest BCUT2D eigenvalue weighted by molar-refractivity contribution is 0.0609. The first-order valence-electron chi connectivity index (χ1n) is 17.6. The maximum Gasteiger partial charge on any atom is 0.268 e. The average molecular weight is 723 g/mol. The van der Waals surface area contributed by atoms with Crippen molar-refractivity contribution < 1.29 is 23.1 Å². The van der Waals surface area contributed by atoms with E-state index in [1.165, 1.54) is 31.3 Å². The number of ether oxygens (including phenoxy) is 1. The monoisotopic (exact) mass is 722 g/mol. The second-order valence-electron chi connectivity index (χ2n) is 13.4. The van der Waals surface area contributed by atoms with Gasteiger partial charge in [-0.2, -0.15) is 5.10 Å². The minimum absolute atomic E-state index is 0.00548. The Morgan fingerprint density at radius 2 is 1.66 bits per heavy atom. The summed E-state index contributed by atoms with van der Waals surface area (Å²) in [6.07, 6.45) is 8.53. The molecule has 5 aromatic rings. The molecule has 2 aromatic carbocycles. The van der Waals surface area contributed by atoms with Crippen molar-refractivity contribution in [3.63, 3.8) is 0 Å². The minimum Gasteiger partial charge on any atom is -0.383 e. The zero-order valence-electron chi connectivity index (χ0n) is 29.2. The summed E-state index contributed by atoms with van der Waals surface area (Å²) in [6, 6.07) is 11.3. The number of nitrogens with zero attached hydrogens (tertiary/aromatic N) is 4. The van der Waals surface area contributed by atoms with Crippen molar-refractivity contribution in [1.82, 2.24) is 30.0 Å². The van der Waals surface area contributed by atoms with E-state index in [1.54, 1.807) is 29.1 Å². The van der Waals surface area contributed by atoms with E-state index in [9.17, 15) is 18.8 Å². The first-order valence-corrected chi connectivity index (χ1v) is 17.6.